The molecule has 1 unspecified atom stereocenters. The number of benzene rings is 2. The highest BCUT2D eigenvalue weighted by molar-refractivity contribution is 7.13. The van der Waals surface area contributed by atoms with Crippen molar-refractivity contribution in [2.45, 2.75) is 19.1 Å². The summed E-state index contributed by atoms with van der Waals surface area (Å²) in [6.07, 6.45) is 0.234. The Labute approximate surface area is 156 Å². The van der Waals surface area contributed by atoms with Crippen LogP contribution in [0.4, 0.5) is 0 Å². The van der Waals surface area contributed by atoms with Gasteiger partial charge in [0.05, 0.1) is 11.8 Å². The van der Waals surface area contributed by atoms with E-state index in [1.165, 1.54) is 0 Å². The molecule has 4 rings (SSSR count). The number of ether oxygens (including phenoxy) is 2. The van der Waals surface area contributed by atoms with Crippen molar-refractivity contribution < 1.29 is 14.6 Å². The van der Waals surface area contributed by atoms with Gasteiger partial charge in [-0.25, -0.2) is 4.98 Å². The Balaban J connectivity index is 1.30. The molecule has 134 valence electrons. The second-order valence-electron chi connectivity index (χ2n) is 6.19. The predicted molar refractivity (Wildman–Crippen MR) is 102 cm³/mol. The maximum Gasteiger partial charge on any atom is 0.231 e. The molecule has 26 heavy (non-hydrogen) atoms. The molecule has 0 amide bonds. The zero-order valence-electron chi connectivity index (χ0n) is 14.2. The van der Waals surface area contributed by atoms with Crippen LogP contribution in [-0.4, -0.2) is 29.5 Å². The molecule has 6 heteroatoms. The van der Waals surface area contributed by atoms with Gasteiger partial charge in [0.15, 0.2) is 11.5 Å². The molecule has 5 nitrogen and oxygen atoms in total. The average molecular weight is 368 g/mol. The van der Waals surface area contributed by atoms with E-state index in [0.29, 0.717) is 19.5 Å². The molecule has 2 N–H and O–H groups in total. The molecule has 0 saturated heterocycles. The number of nitrogens with zero attached hydrogens (tertiary/aromatic N) is 1. The first-order chi connectivity index (χ1) is 12.8. The third-order valence-electron chi connectivity index (χ3n) is 4.17. The van der Waals surface area contributed by atoms with Crippen LogP contribution in [0, 0.1) is 0 Å². The first-order valence-corrected chi connectivity index (χ1v) is 9.43. The minimum Gasteiger partial charge on any atom is -0.454 e. The van der Waals surface area contributed by atoms with Gasteiger partial charge in [0.2, 0.25) is 6.79 Å². The van der Waals surface area contributed by atoms with E-state index < -0.39 is 6.10 Å². The quantitative estimate of drug-likeness (QED) is 0.670. The van der Waals surface area contributed by atoms with E-state index in [2.05, 4.69) is 10.3 Å². The third-order valence-corrected chi connectivity index (χ3v) is 5.11. The van der Waals surface area contributed by atoms with Crippen LogP contribution in [0.25, 0.3) is 10.6 Å². The molecule has 1 aliphatic heterocycles. The number of hydrogen-bond acceptors (Lipinski definition) is 6. The van der Waals surface area contributed by atoms with E-state index >= 15 is 0 Å². The van der Waals surface area contributed by atoms with Gasteiger partial charge < -0.3 is 19.9 Å². The summed E-state index contributed by atoms with van der Waals surface area (Å²) in [5.41, 5.74) is 3.13. The van der Waals surface area contributed by atoms with Crippen molar-refractivity contribution in [3.05, 3.63) is 65.2 Å². The number of rotatable bonds is 7. The Morgan fingerprint density at radius 1 is 1.12 bits per heavy atom. The molecular formula is C20H20N2O3S. The van der Waals surface area contributed by atoms with Gasteiger partial charge in [-0.2, -0.15) is 0 Å². The smallest absolute Gasteiger partial charge is 0.231 e. The fourth-order valence-electron chi connectivity index (χ4n) is 2.88. The van der Waals surface area contributed by atoms with Crippen LogP contribution in [-0.2, 0) is 13.0 Å². The van der Waals surface area contributed by atoms with E-state index in [-0.39, 0.29) is 6.79 Å². The summed E-state index contributed by atoms with van der Waals surface area (Å²) in [5, 5.41) is 16.4. The topological polar surface area (TPSA) is 63.6 Å². The highest BCUT2D eigenvalue weighted by Gasteiger charge is 2.15. The van der Waals surface area contributed by atoms with Crippen molar-refractivity contribution in [2.75, 3.05) is 13.3 Å². The lowest BCUT2D eigenvalue weighted by Crippen LogP contribution is -2.28. The van der Waals surface area contributed by atoms with E-state index in [1.54, 1.807) is 11.3 Å². The molecule has 0 fully saturated rings. The van der Waals surface area contributed by atoms with Gasteiger partial charge in [-0.1, -0.05) is 30.3 Å². The number of aliphatic hydroxyl groups is 1. The number of aromatic nitrogens is 1. The van der Waals surface area contributed by atoms with Crippen LogP contribution in [0.2, 0.25) is 0 Å². The zero-order chi connectivity index (χ0) is 17.8. The molecule has 0 aliphatic carbocycles. The fraction of sp³-hybridized carbons (Fsp3) is 0.250. The molecule has 3 aromatic rings. The van der Waals surface area contributed by atoms with Gasteiger partial charge in [-0.15, -0.1) is 11.3 Å². The largest absolute Gasteiger partial charge is 0.454 e. The first kappa shape index (κ1) is 17.0. The van der Waals surface area contributed by atoms with Crippen molar-refractivity contribution in [1.82, 2.24) is 10.3 Å². The van der Waals surface area contributed by atoms with Crippen LogP contribution in [0.15, 0.2) is 53.9 Å². The highest BCUT2D eigenvalue weighted by atomic mass is 32.1. The lowest BCUT2D eigenvalue weighted by Gasteiger charge is -2.11. The molecule has 0 radical (unpaired) electrons. The summed E-state index contributed by atoms with van der Waals surface area (Å²) in [4.78, 5) is 4.66. The molecule has 1 aliphatic rings. The number of fused-ring (bicyclic) bond motifs is 1. The van der Waals surface area contributed by atoms with Crippen molar-refractivity contribution in [1.29, 1.82) is 0 Å². The molecule has 2 aromatic carbocycles. The van der Waals surface area contributed by atoms with E-state index in [4.69, 9.17) is 9.47 Å². The number of nitrogens with one attached hydrogen (secondary N) is 1. The van der Waals surface area contributed by atoms with E-state index in [9.17, 15) is 5.11 Å². The second-order valence-corrected chi connectivity index (χ2v) is 7.04. The van der Waals surface area contributed by atoms with Crippen LogP contribution >= 0.6 is 11.3 Å². The Morgan fingerprint density at radius 3 is 2.85 bits per heavy atom. The van der Waals surface area contributed by atoms with Crippen molar-refractivity contribution in [3.8, 4) is 22.1 Å². The van der Waals surface area contributed by atoms with Gasteiger partial charge in [0, 0.05) is 24.0 Å². The van der Waals surface area contributed by atoms with Crippen LogP contribution < -0.4 is 14.8 Å². The molecule has 0 spiro atoms. The maximum atomic E-state index is 10.1. The van der Waals surface area contributed by atoms with Crippen molar-refractivity contribution >= 4 is 11.3 Å². The predicted octanol–water partition coefficient (Wildman–Crippen LogP) is 3.23. The van der Waals surface area contributed by atoms with Crippen molar-refractivity contribution in [3.63, 3.8) is 0 Å². The molecule has 0 saturated carbocycles. The Kier molecular flexibility index (Phi) is 5.15. The molecule has 1 atom stereocenters. The van der Waals surface area contributed by atoms with Gasteiger partial charge in [0.25, 0.3) is 0 Å². The Hall–Kier alpha value is -2.41. The Morgan fingerprint density at radius 2 is 1.96 bits per heavy atom. The number of aliphatic hydroxyl groups excluding tert-OH is 1. The molecule has 1 aromatic heterocycles. The summed E-state index contributed by atoms with van der Waals surface area (Å²) in [7, 11) is 0. The van der Waals surface area contributed by atoms with Crippen LogP contribution in [0.3, 0.4) is 0 Å². The fourth-order valence-corrected chi connectivity index (χ4v) is 3.69. The standard InChI is InChI=1S/C20H20N2O3S/c23-17(8-14-4-2-1-3-5-14)11-21-10-16-12-26-20(22-16)15-6-7-18-19(9-15)25-13-24-18/h1-7,9,12,17,21,23H,8,10-11,13H2. The third kappa shape index (κ3) is 4.04. The summed E-state index contributed by atoms with van der Waals surface area (Å²) < 4.78 is 10.8. The summed E-state index contributed by atoms with van der Waals surface area (Å²) >= 11 is 1.60. The normalized spacial score (nSPS) is 13.7. The average Bonchev–Trinajstić information content (AvgIpc) is 3.31. The monoisotopic (exact) mass is 368 g/mol. The summed E-state index contributed by atoms with van der Waals surface area (Å²) in [6.45, 7) is 1.44. The highest BCUT2D eigenvalue weighted by Crippen LogP contribution is 2.36. The Bertz CT molecular complexity index is 867. The molecule has 0 bridgehead atoms. The van der Waals surface area contributed by atoms with Crippen molar-refractivity contribution in [2.24, 2.45) is 0 Å². The lowest BCUT2D eigenvalue weighted by atomic mass is 10.1. The minimum absolute atomic E-state index is 0.275. The summed E-state index contributed by atoms with van der Waals surface area (Å²) in [5.74, 6) is 1.54. The van der Waals surface area contributed by atoms with E-state index in [1.807, 2.05) is 53.9 Å². The molecular weight excluding hydrogens is 348 g/mol. The van der Waals surface area contributed by atoms with Gasteiger partial charge >= 0.3 is 0 Å². The number of hydrogen-bond donors (Lipinski definition) is 2. The zero-order valence-corrected chi connectivity index (χ0v) is 15.0. The molecule has 2 heterocycles. The van der Waals surface area contributed by atoms with Gasteiger partial charge in [0.1, 0.15) is 5.01 Å². The van der Waals surface area contributed by atoms with Gasteiger partial charge in [-0.3, -0.25) is 0 Å². The van der Waals surface area contributed by atoms with Crippen LogP contribution in [0.1, 0.15) is 11.3 Å². The SMILES string of the molecule is OC(CNCc1csc(-c2ccc3c(c2)OCO3)n1)Cc1ccccc1. The minimum atomic E-state index is -0.413. The first-order valence-electron chi connectivity index (χ1n) is 8.55. The van der Waals surface area contributed by atoms with Crippen LogP contribution in [0.5, 0.6) is 11.5 Å². The van der Waals surface area contributed by atoms with Gasteiger partial charge in [-0.05, 0) is 30.2 Å². The second kappa shape index (κ2) is 7.86. The lowest BCUT2D eigenvalue weighted by molar-refractivity contribution is 0.171. The maximum absolute atomic E-state index is 10.1. The number of thiazole rings is 1. The summed E-state index contributed by atoms with van der Waals surface area (Å²) in [6, 6.07) is 15.9. The van der Waals surface area contributed by atoms with E-state index in [0.717, 1.165) is 33.3 Å².